The molecule has 2 rings (SSSR count). The quantitative estimate of drug-likeness (QED) is 0.790. The number of piperidine rings is 1. The molecular formula is C16H20N2O2. The first kappa shape index (κ1) is 14.3. The minimum absolute atomic E-state index is 0.00549. The molecule has 1 aliphatic rings. The zero-order valence-electron chi connectivity index (χ0n) is 11.8. The van der Waals surface area contributed by atoms with Gasteiger partial charge in [0.15, 0.2) is 0 Å². The van der Waals surface area contributed by atoms with E-state index in [9.17, 15) is 9.59 Å². The normalized spacial score (nSPS) is 15.8. The van der Waals surface area contributed by atoms with Crippen LogP contribution in [0.4, 0.5) is 5.69 Å². The molecule has 0 aliphatic carbocycles. The minimum atomic E-state index is -0.0488. The van der Waals surface area contributed by atoms with E-state index in [1.54, 1.807) is 16.8 Å². The molecule has 1 saturated heterocycles. The maximum absolute atomic E-state index is 12.4. The Balaban J connectivity index is 1.95. The summed E-state index contributed by atoms with van der Waals surface area (Å²) < 4.78 is 0. The van der Waals surface area contributed by atoms with Crippen LogP contribution in [0.2, 0.25) is 0 Å². The number of hydrogen-bond acceptors (Lipinski definition) is 2. The summed E-state index contributed by atoms with van der Waals surface area (Å²) in [5.41, 5.74) is 0.905. The van der Waals surface area contributed by atoms with E-state index in [0.717, 1.165) is 18.5 Å². The summed E-state index contributed by atoms with van der Waals surface area (Å²) >= 11 is 0. The number of para-hydroxylation sites is 1. The van der Waals surface area contributed by atoms with Crippen LogP contribution in [0.3, 0.4) is 0 Å². The van der Waals surface area contributed by atoms with Crippen molar-refractivity contribution in [1.82, 2.24) is 4.90 Å². The summed E-state index contributed by atoms with van der Waals surface area (Å²) in [4.78, 5) is 27.4. The number of likely N-dealkylation sites (tertiary alicyclic amines) is 1. The smallest absolute Gasteiger partial charge is 0.245 e. The Morgan fingerprint density at radius 1 is 1.25 bits per heavy atom. The second-order valence-electron chi connectivity index (χ2n) is 5.04. The predicted octanol–water partition coefficient (Wildman–Crippen LogP) is 2.07. The van der Waals surface area contributed by atoms with Crippen molar-refractivity contribution in [3.63, 3.8) is 0 Å². The molecule has 0 spiro atoms. The van der Waals surface area contributed by atoms with E-state index < -0.39 is 0 Å². The zero-order valence-corrected chi connectivity index (χ0v) is 11.8. The molecule has 20 heavy (non-hydrogen) atoms. The third kappa shape index (κ3) is 3.07. The lowest BCUT2D eigenvalue weighted by atomic mass is 9.95. The summed E-state index contributed by atoms with van der Waals surface area (Å²) in [5.74, 6) is 0.0725. The monoisotopic (exact) mass is 272 g/mol. The fourth-order valence-corrected chi connectivity index (χ4v) is 2.53. The lowest BCUT2D eigenvalue weighted by molar-refractivity contribution is -0.130. The molecule has 106 valence electrons. The van der Waals surface area contributed by atoms with Crippen LogP contribution in [0.25, 0.3) is 0 Å². The molecule has 0 radical (unpaired) electrons. The van der Waals surface area contributed by atoms with Crippen molar-refractivity contribution < 1.29 is 9.59 Å². The van der Waals surface area contributed by atoms with E-state index in [0.29, 0.717) is 13.1 Å². The molecule has 4 heteroatoms. The zero-order chi connectivity index (χ0) is 14.5. The average molecular weight is 272 g/mol. The number of benzene rings is 1. The number of carbonyl (C=O) groups is 2. The first-order chi connectivity index (χ1) is 9.63. The SMILES string of the molecule is C=CC(=O)N1CCC(C(=O)N(C)c2ccccc2)CC1. The Kier molecular flexibility index (Phi) is 4.56. The molecule has 1 aliphatic heterocycles. The number of carbonyl (C=O) groups excluding carboxylic acids is 2. The van der Waals surface area contributed by atoms with Gasteiger partial charge in [-0.05, 0) is 31.1 Å². The first-order valence-corrected chi connectivity index (χ1v) is 6.87. The topological polar surface area (TPSA) is 40.6 Å². The Labute approximate surface area is 119 Å². The summed E-state index contributed by atoms with van der Waals surface area (Å²) in [6.07, 6.45) is 2.77. The van der Waals surface area contributed by atoms with E-state index >= 15 is 0 Å². The lowest BCUT2D eigenvalue weighted by Crippen LogP contribution is -2.43. The summed E-state index contributed by atoms with van der Waals surface area (Å²) in [7, 11) is 1.80. The predicted molar refractivity (Wildman–Crippen MR) is 79.4 cm³/mol. The van der Waals surface area contributed by atoms with Gasteiger partial charge in [-0.1, -0.05) is 24.8 Å². The number of hydrogen-bond donors (Lipinski definition) is 0. The number of nitrogens with zero attached hydrogens (tertiary/aromatic N) is 2. The van der Waals surface area contributed by atoms with Crippen LogP contribution in [0.15, 0.2) is 43.0 Å². The van der Waals surface area contributed by atoms with E-state index in [1.165, 1.54) is 6.08 Å². The Morgan fingerprint density at radius 3 is 2.40 bits per heavy atom. The molecule has 0 bridgehead atoms. The Bertz CT molecular complexity index is 490. The van der Waals surface area contributed by atoms with Gasteiger partial charge in [0.25, 0.3) is 0 Å². The van der Waals surface area contributed by atoms with Crippen molar-refractivity contribution in [1.29, 1.82) is 0 Å². The largest absolute Gasteiger partial charge is 0.339 e. The third-order valence-electron chi connectivity index (χ3n) is 3.80. The van der Waals surface area contributed by atoms with Crippen LogP contribution in [-0.2, 0) is 9.59 Å². The molecule has 0 aromatic heterocycles. The highest BCUT2D eigenvalue weighted by Gasteiger charge is 2.28. The highest BCUT2D eigenvalue weighted by molar-refractivity contribution is 5.94. The maximum atomic E-state index is 12.4. The van der Waals surface area contributed by atoms with Crippen LogP contribution in [-0.4, -0.2) is 36.9 Å². The molecule has 0 unspecified atom stereocenters. The number of rotatable bonds is 3. The molecule has 4 nitrogen and oxygen atoms in total. The average Bonchev–Trinajstić information content (AvgIpc) is 2.53. The third-order valence-corrected chi connectivity index (χ3v) is 3.80. The van der Waals surface area contributed by atoms with Gasteiger partial charge < -0.3 is 9.80 Å². The van der Waals surface area contributed by atoms with Gasteiger partial charge in [0.1, 0.15) is 0 Å². The fourth-order valence-electron chi connectivity index (χ4n) is 2.53. The van der Waals surface area contributed by atoms with Gasteiger partial charge in [0.2, 0.25) is 11.8 Å². The van der Waals surface area contributed by atoms with Crippen molar-refractivity contribution in [2.45, 2.75) is 12.8 Å². The molecule has 0 saturated carbocycles. The molecule has 1 aromatic carbocycles. The first-order valence-electron chi connectivity index (χ1n) is 6.87. The van der Waals surface area contributed by atoms with Gasteiger partial charge in [0.05, 0.1) is 0 Å². The molecule has 1 fully saturated rings. The van der Waals surface area contributed by atoms with E-state index in [2.05, 4.69) is 6.58 Å². The van der Waals surface area contributed by atoms with Crippen LogP contribution < -0.4 is 4.90 Å². The van der Waals surface area contributed by atoms with Crippen molar-refractivity contribution in [3.05, 3.63) is 43.0 Å². The highest BCUT2D eigenvalue weighted by atomic mass is 16.2. The molecular weight excluding hydrogens is 252 g/mol. The number of amides is 2. The van der Waals surface area contributed by atoms with Gasteiger partial charge in [-0.2, -0.15) is 0 Å². The number of anilines is 1. The summed E-state index contributed by atoms with van der Waals surface area (Å²) in [6, 6.07) is 9.62. The van der Waals surface area contributed by atoms with Crippen LogP contribution >= 0.6 is 0 Å². The second kappa shape index (κ2) is 6.37. The Morgan fingerprint density at radius 2 is 1.85 bits per heavy atom. The van der Waals surface area contributed by atoms with Crippen LogP contribution in [0.1, 0.15) is 12.8 Å². The highest BCUT2D eigenvalue weighted by Crippen LogP contribution is 2.22. The minimum Gasteiger partial charge on any atom is -0.339 e. The molecule has 0 N–H and O–H groups in total. The fraction of sp³-hybridized carbons (Fsp3) is 0.375. The lowest BCUT2D eigenvalue weighted by Gasteiger charge is -2.32. The summed E-state index contributed by atoms with van der Waals surface area (Å²) in [5, 5.41) is 0. The molecule has 0 atom stereocenters. The van der Waals surface area contributed by atoms with Crippen molar-refractivity contribution in [2.24, 2.45) is 5.92 Å². The maximum Gasteiger partial charge on any atom is 0.245 e. The van der Waals surface area contributed by atoms with E-state index in [1.807, 2.05) is 30.3 Å². The van der Waals surface area contributed by atoms with Crippen LogP contribution in [0.5, 0.6) is 0 Å². The van der Waals surface area contributed by atoms with Gasteiger partial charge in [0, 0.05) is 31.7 Å². The second-order valence-corrected chi connectivity index (χ2v) is 5.04. The molecule has 1 aromatic rings. The standard InChI is InChI=1S/C16H20N2O2/c1-3-15(19)18-11-9-13(10-12-18)16(20)17(2)14-7-5-4-6-8-14/h3-8,13H,1,9-12H2,2H3. The van der Waals surface area contributed by atoms with Crippen LogP contribution in [0, 0.1) is 5.92 Å². The molecule has 1 heterocycles. The van der Waals surface area contributed by atoms with Gasteiger partial charge >= 0.3 is 0 Å². The van der Waals surface area contributed by atoms with Crippen molar-refractivity contribution in [2.75, 3.05) is 25.0 Å². The van der Waals surface area contributed by atoms with E-state index in [-0.39, 0.29) is 17.7 Å². The van der Waals surface area contributed by atoms with Gasteiger partial charge in [-0.25, -0.2) is 0 Å². The van der Waals surface area contributed by atoms with Crippen molar-refractivity contribution >= 4 is 17.5 Å². The summed E-state index contributed by atoms with van der Waals surface area (Å²) in [6.45, 7) is 4.75. The Hall–Kier alpha value is -2.10. The molecule has 2 amide bonds. The van der Waals surface area contributed by atoms with E-state index in [4.69, 9.17) is 0 Å². The van der Waals surface area contributed by atoms with Gasteiger partial charge in [-0.15, -0.1) is 0 Å². The van der Waals surface area contributed by atoms with Crippen molar-refractivity contribution in [3.8, 4) is 0 Å². The van der Waals surface area contributed by atoms with Gasteiger partial charge in [-0.3, -0.25) is 9.59 Å².